The third-order valence-electron chi connectivity index (χ3n) is 3.50. The molecule has 0 saturated heterocycles. The molecular formula is C14H18Na4O9. The van der Waals surface area contributed by atoms with Gasteiger partial charge in [0.25, 0.3) is 0 Å². The second-order valence-corrected chi connectivity index (χ2v) is 5.31. The van der Waals surface area contributed by atoms with E-state index in [-0.39, 0.29) is 137 Å². The van der Waals surface area contributed by atoms with Crippen LogP contribution < -0.4 is 139 Å². The Hall–Kier alpha value is 1.84. The van der Waals surface area contributed by atoms with Crippen LogP contribution in [0.25, 0.3) is 0 Å². The van der Waals surface area contributed by atoms with E-state index in [1.165, 1.54) is 0 Å². The van der Waals surface area contributed by atoms with E-state index in [2.05, 4.69) is 0 Å². The quantitative estimate of drug-likeness (QED) is 0.223. The van der Waals surface area contributed by atoms with Gasteiger partial charge in [-0.25, -0.2) is 0 Å². The fourth-order valence-electron chi connectivity index (χ4n) is 2.26. The molecule has 27 heavy (non-hydrogen) atoms. The van der Waals surface area contributed by atoms with Crippen LogP contribution in [0.2, 0.25) is 0 Å². The molecule has 2 atom stereocenters. The number of aliphatic carboxylic acids is 4. The maximum Gasteiger partial charge on any atom is 1.00 e. The van der Waals surface area contributed by atoms with Gasteiger partial charge in [0.1, 0.15) is 5.60 Å². The molecule has 132 valence electrons. The summed E-state index contributed by atoms with van der Waals surface area (Å²) >= 11 is 0. The van der Waals surface area contributed by atoms with Gasteiger partial charge < -0.3 is 44.7 Å². The maximum atomic E-state index is 11.0. The van der Waals surface area contributed by atoms with E-state index in [1.807, 2.05) is 0 Å². The summed E-state index contributed by atoms with van der Waals surface area (Å²) in [5.41, 5.74) is -3.10. The Morgan fingerprint density at radius 3 is 1.56 bits per heavy atom. The van der Waals surface area contributed by atoms with Crippen molar-refractivity contribution in [1.29, 1.82) is 0 Å². The van der Waals surface area contributed by atoms with Crippen LogP contribution in [0, 0.1) is 5.92 Å². The van der Waals surface area contributed by atoms with Crippen LogP contribution in [0.1, 0.15) is 51.4 Å². The minimum atomic E-state index is -3.10. The molecule has 0 aromatic heterocycles. The molecule has 0 spiro atoms. The fourth-order valence-corrected chi connectivity index (χ4v) is 2.26. The Morgan fingerprint density at radius 2 is 1.19 bits per heavy atom. The van der Waals surface area contributed by atoms with Gasteiger partial charge in [-0.05, 0) is 19.3 Å². The molecule has 0 aromatic carbocycles. The summed E-state index contributed by atoms with van der Waals surface area (Å²) in [6.45, 7) is 0. The van der Waals surface area contributed by atoms with Crippen molar-refractivity contribution in [3.63, 3.8) is 0 Å². The molecule has 0 aromatic rings. The largest absolute Gasteiger partial charge is 1.00 e. The molecule has 13 heteroatoms. The van der Waals surface area contributed by atoms with Crippen molar-refractivity contribution in [2.24, 2.45) is 5.92 Å². The SMILES string of the molecule is O=C([O-])CCCCCCCC(C(=O)[O-])C(O)(CC(=O)[O-])C(=O)[O-].[Na+].[Na+].[Na+].[Na+]. The number of carboxylic acid groups (broad SMARTS) is 4. The predicted octanol–water partition coefficient (Wildman–Crippen LogP) is -16.5. The zero-order valence-electron chi connectivity index (χ0n) is 16.4. The van der Waals surface area contributed by atoms with Gasteiger partial charge in [-0.15, -0.1) is 0 Å². The van der Waals surface area contributed by atoms with Crippen molar-refractivity contribution < 1.29 is 163 Å². The van der Waals surface area contributed by atoms with Crippen LogP contribution in [0.15, 0.2) is 0 Å². The van der Waals surface area contributed by atoms with Gasteiger partial charge in [-0.2, -0.15) is 0 Å². The summed E-state index contributed by atoms with van der Waals surface area (Å²) in [6.07, 6.45) is 0.348. The summed E-state index contributed by atoms with van der Waals surface area (Å²) in [7, 11) is 0. The molecule has 0 heterocycles. The summed E-state index contributed by atoms with van der Waals surface area (Å²) < 4.78 is 0. The van der Waals surface area contributed by atoms with Gasteiger partial charge in [0, 0.05) is 30.2 Å². The normalized spacial score (nSPS) is 12.5. The number of unbranched alkanes of at least 4 members (excludes halogenated alkanes) is 4. The standard InChI is InChI=1S/C14H22O9.4Na/c15-10(16)7-5-3-1-2-4-6-9(12(19)20)14(23,13(21)22)8-11(17)18;;;;/h9,23H,1-8H2,(H,15,16)(H,17,18)(H,19,20)(H,21,22);;;;/q;4*+1/p-4. The Balaban J connectivity index is -0.000000403. The van der Waals surface area contributed by atoms with E-state index in [9.17, 15) is 44.7 Å². The van der Waals surface area contributed by atoms with Crippen LogP contribution in [0.4, 0.5) is 0 Å². The molecule has 0 aliphatic heterocycles. The minimum Gasteiger partial charge on any atom is -0.550 e. The average Bonchev–Trinajstić information content (AvgIpc) is 2.39. The first-order valence-electron chi connectivity index (χ1n) is 7.15. The predicted molar refractivity (Wildman–Crippen MR) is 65.4 cm³/mol. The molecule has 0 amide bonds. The van der Waals surface area contributed by atoms with E-state index in [0.717, 1.165) is 0 Å². The Morgan fingerprint density at radius 1 is 0.741 bits per heavy atom. The maximum absolute atomic E-state index is 11.0. The van der Waals surface area contributed by atoms with Crippen LogP contribution in [-0.2, 0) is 19.2 Å². The molecule has 0 fully saturated rings. The zero-order valence-corrected chi connectivity index (χ0v) is 24.4. The van der Waals surface area contributed by atoms with Gasteiger partial charge in [-0.3, -0.25) is 0 Å². The van der Waals surface area contributed by atoms with Crippen LogP contribution >= 0.6 is 0 Å². The van der Waals surface area contributed by atoms with E-state index >= 15 is 0 Å². The molecular weight excluding hydrogens is 404 g/mol. The number of aliphatic hydroxyl groups is 1. The number of hydrogen-bond acceptors (Lipinski definition) is 9. The number of carbonyl (C=O) groups is 4. The monoisotopic (exact) mass is 422 g/mol. The molecule has 0 aliphatic rings. The fraction of sp³-hybridized carbons (Fsp3) is 0.714. The van der Waals surface area contributed by atoms with Crippen molar-refractivity contribution in [2.45, 2.75) is 57.0 Å². The van der Waals surface area contributed by atoms with Gasteiger partial charge in [0.15, 0.2) is 0 Å². The van der Waals surface area contributed by atoms with Gasteiger partial charge >= 0.3 is 118 Å². The van der Waals surface area contributed by atoms with E-state index in [4.69, 9.17) is 0 Å². The molecule has 0 aliphatic carbocycles. The van der Waals surface area contributed by atoms with Crippen molar-refractivity contribution in [3.05, 3.63) is 0 Å². The topological polar surface area (TPSA) is 181 Å². The molecule has 0 saturated carbocycles. The molecule has 1 N–H and O–H groups in total. The van der Waals surface area contributed by atoms with E-state index in [0.29, 0.717) is 25.7 Å². The number of rotatable bonds is 13. The van der Waals surface area contributed by atoms with Gasteiger partial charge in [0.2, 0.25) is 0 Å². The Bertz CT molecular complexity index is 462. The van der Waals surface area contributed by atoms with Crippen molar-refractivity contribution in [2.75, 3.05) is 0 Å². The Labute approximate surface area is 246 Å². The Kier molecular flexibility index (Phi) is 30.7. The summed E-state index contributed by atoms with van der Waals surface area (Å²) in [6, 6.07) is 0. The van der Waals surface area contributed by atoms with E-state index in [1.54, 1.807) is 0 Å². The molecule has 0 bridgehead atoms. The smallest absolute Gasteiger partial charge is 0.550 e. The second kappa shape index (κ2) is 21.1. The summed E-state index contributed by atoms with van der Waals surface area (Å²) in [5.74, 6) is -9.15. The molecule has 0 rings (SSSR count). The summed E-state index contributed by atoms with van der Waals surface area (Å²) in [5, 5.41) is 52.5. The summed E-state index contributed by atoms with van der Waals surface area (Å²) in [4.78, 5) is 42.7. The second-order valence-electron chi connectivity index (χ2n) is 5.31. The van der Waals surface area contributed by atoms with Crippen molar-refractivity contribution >= 4 is 23.9 Å². The first-order chi connectivity index (χ1) is 10.6. The first-order valence-corrected chi connectivity index (χ1v) is 7.15. The van der Waals surface area contributed by atoms with Crippen LogP contribution in [0.3, 0.4) is 0 Å². The molecule has 0 radical (unpaired) electrons. The third-order valence-corrected chi connectivity index (χ3v) is 3.50. The minimum absolute atomic E-state index is 0. The molecule has 2 unspecified atom stereocenters. The average molecular weight is 422 g/mol. The van der Waals surface area contributed by atoms with E-state index < -0.39 is 41.8 Å². The van der Waals surface area contributed by atoms with Crippen LogP contribution in [-0.4, -0.2) is 34.6 Å². The number of carbonyl (C=O) groups excluding carboxylic acids is 4. The number of carboxylic acids is 4. The number of hydrogen-bond donors (Lipinski definition) is 1. The molecule has 9 nitrogen and oxygen atoms in total. The van der Waals surface area contributed by atoms with Crippen LogP contribution in [0.5, 0.6) is 0 Å². The van der Waals surface area contributed by atoms with Crippen molar-refractivity contribution in [1.82, 2.24) is 0 Å². The van der Waals surface area contributed by atoms with Gasteiger partial charge in [-0.1, -0.05) is 25.7 Å². The van der Waals surface area contributed by atoms with Gasteiger partial charge in [0.05, 0.1) is 5.97 Å². The first kappa shape index (κ1) is 39.3. The zero-order chi connectivity index (χ0) is 18.0. The van der Waals surface area contributed by atoms with Crippen molar-refractivity contribution in [3.8, 4) is 0 Å². The third kappa shape index (κ3) is 17.2.